The van der Waals surface area contributed by atoms with E-state index in [0.29, 0.717) is 24.4 Å². The van der Waals surface area contributed by atoms with Crippen LogP contribution in [-0.2, 0) is 11.2 Å². The number of nitrogens with zero attached hydrogens (tertiary/aromatic N) is 3. The molecule has 1 aliphatic rings. The molecule has 1 unspecified atom stereocenters. The first-order valence-electron chi connectivity index (χ1n) is 12.1. The topological polar surface area (TPSA) is 106 Å². The van der Waals surface area contributed by atoms with Crippen LogP contribution < -0.4 is 10.2 Å². The van der Waals surface area contributed by atoms with Crippen molar-refractivity contribution in [2.24, 2.45) is 4.99 Å². The molecule has 3 N–H and O–H groups in total. The van der Waals surface area contributed by atoms with E-state index in [1.165, 1.54) is 0 Å². The van der Waals surface area contributed by atoms with Crippen LogP contribution in [0.1, 0.15) is 27.3 Å². The van der Waals surface area contributed by atoms with Gasteiger partial charge in [0.15, 0.2) is 0 Å². The lowest BCUT2D eigenvalue weighted by Gasteiger charge is -2.25. The Hall–Kier alpha value is -4.98. The summed E-state index contributed by atoms with van der Waals surface area (Å²) in [4.78, 5) is 44.2. The highest BCUT2D eigenvalue weighted by Gasteiger charge is 2.33. The Bertz CT molecular complexity index is 1570. The van der Waals surface area contributed by atoms with Gasteiger partial charge >= 0.3 is 0 Å². The normalized spacial score (nSPS) is 15.2. The maximum Gasteiger partial charge on any atom is 0.272 e. The number of carbonyl (C=O) groups excluding carboxylic acids is 2. The molecule has 0 saturated carbocycles. The lowest BCUT2D eigenvalue weighted by atomic mass is 10.00. The summed E-state index contributed by atoms with van der Waals surface area (Å²) < 4.78 is 0. The number of benzodiazepines with no additional fused rings is 1. The average Bonchev–Trinajstić information content (AvgIpc) is 3.60. The number of H-pyrrole nitrogens is 2. The van der Waals surface area contributed by atoms with Crippen LogP contribution in [-0.4, -0.2) is 45.2 Å². The third-order valence-electron chi connectivity index (χ3n) is 6.44. The third kappa shape index (κ3) is 4.40. The predicted octanol–water partition coefficient (Wildman–Crippen LogP) is 4.07. The van der Waals surface area contributed by atoms with Gasteiger partial charge in [-0.25, -0.2) is 9.98 Å². The van der Waals surface area contributed by atoms with Crippen molar-refractivity contribution in [1.82, 2.24) is 20.3 Å². The number of amides is 2. The van der Waals surface area contributed by atoms with Gasteiger partial charge in [0.25, 0.3) is 11.8 Å². The summed E-state index contributed by atoms with van der Waals surface area (Å²) in [6, 6.07) is 26.8. The summed E-state index contributed by atoms with van der Waals surface area (Å²) in [7, 11) is 0. The Morgan fingerprint density at radius 2 is 1.76 bits per heavy atom. The lowest BCUT2D eigenvalue weighted by molar-refractivity contribution is -0.120. The molecule has 0 saturated heterocycles. The van der Waals surface area contributed by atoms with E-state index >= 15 is 0 Å². The van der Waals surface area contributed by atoms with Crippen molar-refractivity contribution in [2.75, 3.05) is 11.4 Å². The fraction of sp³-hybridized carbons (Fsp3) is 0.103. The quantitative estimate of drug-likeness (QED) is 0.335. The Balaban J connectivity index is 1.40. The molecular formula is C29H24N6O2. The van der Waals surface area contributed by atoms with E-state index in [4.69, 9.17) is 4.99 Å². The van der Waals surface area contributed by atoms with Crippen molar-refractivity contribution < 1.29 is 9.59 Å². The molecule has 37 heavy (non-hydrogen) atoms. The first-order chi connectivity index (χ1) is 18.2. The summed E-state index contributed by atoms with van der Waals surface area (Å²) >= 11 is 0. The molecule has 2 aromatic heterocycles. The van der Waals surface area contributed by atoms with E-state index in [-0.39, 0.29) is 5.91 Å². The van der Waals surface area contributed by atoms with Gasteiger partial charge in [-0.05, 0) is 18.2 Å². The largest absolute Gasteiger partial charge is 0.351 e. The van der Waals surface area contributed by atoms with E-state index in [2.05, 4.69) is 20.3 Å². The number of imidazole rings is 1. The fourth-order valence-corrected chi connectivity index (χ4v) is 4.63. The number of hydrogen-bond acceptors (Lipinski definition) is 4. The number of anilines is 1. The van der Waals surface area contributed by atoms with Crippen LogP contribution in [0.4, 0.5) is 5.69 Å². The molecule has 5 aromatic rings. The highest BCUT2D eigenvalue weighted by molar-refractivity contribution is 6.20. The highest BCUT2D eigenvalue weighted by Crippen LogP contribution is 2.28. The molecule has 3 aromatic carbocycles. The van der Waals surface area contributed by atoms with Gasteiger partial charge in [0.2, 0.25) is 6.17 Å². The number of benzene rings is 3. The van der Waals surface area contributed by atoms with Gasteiger partial charge in [-0.15, -0.1) is 0 Å². The summed E-state index contributed by atoms with van der Waals surface area (Å²) in [5.41, 5.74) is 5.14. The first kappa shape index (κ1) is 22.5. The van der Waals surface area contributed by atoms with Crippen LogP contribution in [0.3, 0.4) is 0 Å². The summed E-state index contributed by atoms with van der Waals surface area (Å²) in [5.74, 6) is -0.706. The van der Waals surface area contributed by atoms with E-state index in [1.807, 2.05) is 85.1 Å². The number of para-hydroxylation sites is 2. The second-order valence-electron chi connectivity index (χ2n) is 8.81. The van der Waals surface area contributed by atoms with Gasteiger partial charge in [-0.2, -0.15) is 0 Å². The molecule has 6 rings (SSSR count). The Labute approximate surface area is 213 Å². The van der Waals surface area contributed by atoms with Crippen molar-refractivity contribution in [3.63, 3.8) is 0 Å². The van der Waals surface area contributed by atoms with Gasteiger partial charge in [-0.3, -0.25) is 9.59 Å². The van der Waals surface area contributed by atoms with Crippen LogP contribution in [0.5, 0.6) is 0 Å². The van der Waals surface area contributed by atoms with Crippen LogP contribution in [0, 0.1) is 0 Å². The molecular weight excluding hydrogens is 464 g/mol. The molecule has 0 bridgehead atoms. The van der Waals surface area contributed by atoms with Gasteiger partial charge < -0.3 is 20.2 Å². The number of carbonyl (C=O) groups is 2. The highest BCUT2D eigenvalue weighted by atomic mass is 16.2. The zero-order chi connectivity index (χ0) is 25.2. The van der Waals surface area contributed by atoms with Crippen molar-refractivity contribution >= 4 is 34.1 Å². The van der Waals surface area contributed by atoms with E-state index < -0.39 is 12.1 Å². The minimum Gasteiger partial charge on any atom is -0.351 e. The van der Waals surface area contributed by atoms with Gasteiger partial charge in [0.05, 0.1) is 23.4 Å². The number of aromatic amines is 2. The molecule has 0 fully saturated rings. The van der Waals surface area contributed by atoms with Crippen molar-refractivity contribution in [3.05, 3.63) is 120 Å². The third-order valence-corrected chi connectivity index (χ3v) is 6.44. The number of rotatable bonds is 6. The van der Waals surface area contributed by atoms with E-state index in [0.717, 1.165) is 33.4 Å². The fourth-order valence-electron chi connectivity index (χ4n) is 4.63. The molecule has 1 aliphatic heterocycles. The number of aliphatic imine (C=N–C) groups is 1. The Kier molecular flexibility index (Phi) is 5.82. The molecule has 3 heterocycles. The second kappa shape index (κ2) is 9.58. The number of nitrogens with one attached hydrogen (secondary N) is 3. The summed E-state index contributed by atoms with van der Waals surface area (Å²) in [6.45, 7) is 0.386. The minimum absolute atomic E-state index is 0.307. The molecule has 8 nitrogen and oxygen atoms in total. The second-order valence-corrected chi connectivity index (χ2v) is 8.81. The SMILES string of the molecule is O=C(NC1N=C(c2ccccc2)c2ccccc2N(CCc2c[nH]cn2)C1=O)c1cc2ccccc2[nH]1. The molecule has 8 heteroatoms. The summed E-state index contributed by atoms with van der Waals surface area (Å²) in [6.07, 6.45) is 2.87. The van der Waals surface area contributed by atoms with Gasteiger partial charge in [-0.1, -0.05) is 66.7 Å². The lowest BCUT2D eigenvalue weighted by Crippen LogP contribution is -2.48. The van der Waals surface area contributed by atoms with Crippen LogP contribution >= 0.6 is 0 Å². The molecule has 0 aliphatic carbocycles. The molecule has 0 radical (unpaired) electrons. The van der Waals surface area contributed by atoms with Crippen LogP contribution in [0.15, 0.2) is 102 Å². The Morgan fingerprint density at radius 3 is 2.57 bits per heavy atom. The minimum atomic E-state index is -1.11. The van der Waals surface area contributed by atoms with Crippen LogP contribution in [0.2, 0.25) is 0 Å². The van der Waals surface area contributed by atoms with E-state index in [9.17, 15) is 9.59 Å². The van der Waals surface area contributed by atoms with Crippen molar-refractivity contribution in [3.8, 4) is 0 Å². The summed E-state index contributed by atoms with van der Waals surface area (Å²) in [5, 5.41) is 3.79. The number of aromatic nitrogens is 3. The van der Waals surface area contributed by atoms with Crippen molar-refractivity contribution in [1.29, 1.82) is 0 Å². The maximum atomic E-state index is 13.9. The van der Waals surface area contributed by atoms with E-state index in [1.54, 1.807) is 17.3 Å². The standard InChI is InChI=1S/C29H24N6O2/c36-28(24-16-20-10-4-6-12-23(20)32-24)34-27-29(37)35(15-14-21-17-30-18-31-21)25-13-7-5-11-22(25)26(33-27)19-8-2-1-3-9-19/h1-13,16-18,27,32H,14-15H2,(H,30,31)(H,34,36). The maximum absolute atomic E-state index is 13.9. The molecule has 0 spiro atoms. The number of hydrogen-bond donors (Lipinski definition) is 3. The van der Waals surface area contributed by atoms with Crippen molar-refractivity contribution in [2.45, 2.75) is 12.6 Å². The first-order valence-corrected chi connectivity index (χ1v) is 12.1. The zero-order valence-corrected chi connectivity index (χ0v) is 19.9. The molecule has 1 atom stereocenters. The average molecular weight is 489 g/mol. The monoisotopic (exact) mass is 488 g/mol. The Morgan fingerprint density at radius 1 is 0.973 bits per heavy atom. The molecule has 2 amide bonds. The van der Waals surface area contributed by atoms with Gasteiger partial charge in [0, 0.05) is 41.2 Å². The number of fused-ring (bicyclic) bond motifs is 2. The van der Waals surface area contributed by atoms with Gasteiger partial charge in [0.1, 0.15) is 5.69 Å². The smallest absolute Gasteiger partial charge is 0.272 e. The van der Waals surface area contributed by atoms with Crippen LogP contribution in [0.25, 0.3) is 10.9 Å². The molecule has 182 valence electrons. The predicted molar refractivity (Wildman–Crippen MR) is 143 cm³/mol. The zero-order valence-electron chi connectivity index (χ0n) is 19.9.